The Hall–Kier alpha value is -2.73. The van der Waals surface area contributed by atoms with E-state index in [0.717, 1.165) is 5.56 Å². The number of benzene rings is 1. The van der Waals surface area contributed by atoms with Crippen LogP contribution in [0, 0.1) is 0 Å². The van der Waals surface area contributed by atoms with Gasteiger partial charge in [0.05, 0.1) is 12.2 Å². The maximum absolute atomic E-state index is 12.3. The molecule has 6 nitrogen and oxygen atoms in total. The van der Waals surface area contributed by atoms with Crippen molar-refractivity contribution in [2.24, 2.45) is 0 Å². The fourth-order valence-corrected chi connectivity index (χ4v) is 2.79. The number of ether oxygens (including phenoxy) is 1. The molecule has 2 aromatic rings. The minimum atomic E-state index is -0.714. The first-order valence-corrected chi connectivity index (χ1v) is 8.18. The molecule has 130 valence electrons. The molecular weight excluding hydrogens is 344 g/mol. The van der Waals surface area contributed by atoms with Gasteiger partial charge in [-0.1, -0.05) is 11.6 Å². The van der Waals surface area contributed by atoms with Crippen LogP contribution in [0.4, 0.5) is 4.79 Å². The predicted molar refractivity (Wildman–Crippen MR) is 92.9 cm³/mol. The molecule has 1 aliphatic rings. The van der Waals surface area contributed by atoms with E-state index in [4.69, 9.17) is 20.8 Å². The molecule has 0 aliphatic carbocycles. The second-order valence-corrected chi connectivity index (χ2v) is 5.94. The molecule has 1 aromatic heterocycles. The molecule has 7 heteroatoms. The summed E-state index contributed by atoms with van der Waals surface area (Å²) in [6.45, 7) is 3.62. The number of nitrogens with one attached hydrogen (secondary N) is 2. The topological polar surface area (TPSA) is 80.6 Å². The van der Waals surface area contributed by atoms with Gasteiger partial charge in [-0.2, -0.15) is 0 Å². The summed E-state index contributed by atoms with van der Waals surface area (Å²) in [5, 5.41) is 5.92. The third-order valence-electron chi connectivity index (χ3n) is 3.80. The number of allylic oxidation sites excluding steroid dienone is 1. The Bertz CT molecular complexity index is 839. The largest absolute Gasteiger partial charge is 0.463 e. The summed E-state index contributed by atoms with van der Waals surface area (Å²) in [6, 6.07) is 9.59. The minimum absolute atomic E-state index is 0.241. The molecule has 2 N–H and O–H groups in total. The average molecular weight is 361 g/mol. The number of carbonyl (C=O) groups is 2. The van der Waals surface area contributed by atoms with Crippen LogP contribution in [0.5, 0.6) is 0 Å². The first-order valence-electron chi connectivity index (χ1n) is 7.80. The zero-order valence-corrected chi connectivity index (χ0v) is 14.5. The number of furan rings is 1. The van der Waals surface area contributed by atoms with E-state index >= 15 is 0 Å². The molecule has 2 amide bonds. The van der Waals surface area contributed by atoms with Crippen molar-refractivity contribution in [2.75, 3.05) is 6.61 Å². The van der Waals surface area contributed by atoms with Gasteiger partial charge < -0.3 is 19.8 Å². The minimum Gasteiger partial charge on any atom is -0.463 e. The van der Waals surface area contributed by atoms with Crippen LogP contribution in [0.25, 0.3) is 11.3 Å². The Balaban J connectivity index is 1.96. The Morgan fingerprint density at radius 1 is 1.24 bits per heavy atom. The third kappa shape index (κ3) is 3.53. The molecule has 0 bridgehead atoms. The first-order chi connectivity index (χ1) is 12.0. The fraction of sp³-hybridized carbons (Fsp3) is 0.222. The number of halogens is 1. The van der Waals surface area contributed by atoms with Crippen molar-refractivity contribution in [1.29, 1.82) is 0 Å². The summed E-state index contributed by atoms with van der Waals surface area (Å²) in [5.74, 6) is 0.560. The number of esters is 1. The second kappa shape index (κ2) is 7.03. The molecule has 0 saturated heterocycles. The van der Waals surface area contributed by atoms with Crippen molar-refractivity contribution in [2.45, 2.75) is 19.9 Å². The highest BCUT2D eigenvalue weighted by Crippen LogP contribution is 2.32. The number of amides is 2. The van der Waals surface area contributed by atoms with Gasteiger partial charge in [0, 0.05) is 16.3 Å². The van der Waals surface area contributed by atoms with Gasteiger partial charge in [-0.3, -0.25) is 0 Å². The average Bonchev–Trinajstić information content (AvgIpc) is 3.04. The maximum atomic E-state index is 12.3. The van der Waals surface area contributed by atoms with Gasteiger partial charge in [0.15, 0.2) is 0 Å². The van der Waals surface area contributed by atoms with Gasteiger partial charge >= 0.3 is 12.0 Å². The number of hydrogen-bond donors (Lipinski definition) is 2. The predicted octanol–water partition coefficient (Wildman–Crippen LogP) is 3.79. The van der Waals surface area contributed by atoms with Crippen LogP contribution in [0.2, 0.25) is 5.02 Å². The summed E-state index contributed by atoms with van der Waals surface area (Å²) < 4.78 is 11.0. The lowest BCUT2D eigenvalue weighted by atomic mass is 10.0. The Morgan fingerprint density at radius 2 is 1.96 bits per heavy atom. The van der Waals surface area contributed by atoms with Gasteiger partial charge in [-0.05, 0) is 50.2 Å². The van der Waals surface area contributed by atoms with E-state index in [1.54, 1.807) is 38.1 Å². The summed E-state index contributed by atoms with van der Waals surface area (Å²) in [6.07, 6.45) is 0. The van der Waals surface area contributed by atoms with Gasteiger partial charge in [0.1, 0.15) is 17.6 Å². The van der Waals surface area contributed by atoms with E-state index in [1.165, 1.54) is 0 Å². The van der Waals surface area contributed by atoms with Crippen LogP contribution in [-0.4, -0.2) is 18.6 Å². The van der Waals surface area contributed by atoms with E-state index in [2.05, 4.69) is 10.6 Å². The van der Waals surface area contributed by atoms with Crippen LogP contribution < -0.4 is 10.6 Å². The lowest BCUT2D eigenvalue weighted by molar-refractivity contribution is -0.139. The molecule has 0 unspecified atom stereocenters. The van der Waals surface area contributed by atoms with Gasteiger partial charge in [0.2, 0.25) is 0 Å². The Morgan fingerprint density at radius 3 is 2.64 bits per heavy atom. The molecule has 1 aromatic carbocycles. The van der Waals surface area contributed by atoms with Crippen molar-refractivity contribution >= 4 is 23.6 Å². The zero-order chi connectivity index (χ0) is 18.0. The molecule has 25 heavy (non-hydrogen) atoms. The van der Waals surface area contributed by atoms with E-state index in [1.807, 2.05) is 12.1 Å². The third-order valence-corrected chi connectivity index (χ3v) is 4.06. The lowest BCUT2D eigenvalue weighted by Gasteiger charge is -2.26. The molecule has 1 aliphatic heterocycles. The first kappa shape index (κ1) is 17.1. The van der Waals surface area contributed by atoms with Crippen molar-refractivity contribution in [1.82, 2.24) is 10.6 Å². The number of hydrogen-bond acceptors (Lipinski definition) is 4. The summed E-state index contributed by atoms with van der Waals surface area (Å²) in [7, 11) is 0. The van der Waals surface area contributed by atoms with Crippen molar-refractivity contribution < 1.29 is 18.7 Å². The van der Waals surface area contributed by atoms with E-state index in [0.29, 0.717) is 27.8 Å². The van der Waals surface area contributed by atoms with Crippen molar-refractivity contribution in [3.63, 3.8) is 0 Å². The van der Waals surface area contributed by atoms with Gasteiger partial charge in [-0.15, -0.1) is 0 Å². The number of rotatable bonds is 4. The van der Waals surface area contributed by atoms with E-state index in [-0.39, 0.29) is 6.61 Å². The molecule has 0 saturated carbocycles. The van der Waals surface area contributed by atoms with Crippen LogP contribution in [0.3, 0.4) is 0 Å². The van der Waals surface area contributed by atoms with Gasteiger partial charge in [0.25, 0.3) is 0 Å². The van der Waals surface area contributed by atoms with Gasteiger partial charge in [-0.25, -0.2) is 9.59 Å². The molecule has 0 radical (unpaired) electrons. The quantitative estimate of drug-likeness (QED) is 0.813. The number of carbonyl (C=O) groups excluding carboxylic acids is 2. The van der Waals surface area contributed by atoms with E-state index < -0.39 is 18.0 Å². The lowest BCUT2D eigenvalue weighted by Crippen LogP contribution is -2.45. The van der Waals surface area contributed by atoms with Crippen LogP contribution >= 0.6 is 11.6 Å². The monoisotopic (exact) mass is 360 g/mol. The van der Waals surface area contributed by atoms with Crippen LogP contribution in [0.15, 0.2) is 52.1 Å². The van der Waals surface area contributed by atoms with Crippen LogP contribution in [0.1, 0.15) is 25.6 Å². The molecule has 0 spiro atoms. The van der Waals surface area contributed by atoms with Crippen LogP contribution in [-0.2, 0) is 9.53 Å². The summed E-state index contributed by atoms with van der Waals surface area (Å²) in [5.41, 5.74) is 1.60. The highest BCUT2D eigenvalue weighted by atomic mass is 35.5. The van der Waals surface area contributed by atoms with E-state index in [9.17, 15) is 9.59 Å². The molecule has 2 heterocycles. The molecule has 0 fully saturated rings. The Labute approximate surface area is 149 Å². The highest BCUT2D eigenvalue weighted by molar-refractivity contribution is 6.30. The van der Waals surface area contributed by atoms with Crippen molar-refractivity contribution in [3.8, 4) is 11.3 Å². The molecular formula is C18H17ClN2O4. The fourth-order valence-electron chi connectivity index (χ4n) is 2.66. The smallest absolute Gasteiger partial charge is 0.338 e. The second-order valence-electron chi connectivity index (χ2n) is 5.50. The zero-order valence-electron chi connectivity index (χ0n) is 13.8. The summed E-state index contributed by atoms with van der Waals surface area (Å²) in [4.78, 5) is 24.1. The normalized spacial score (nSPS) is 17.1. The van der Waals surface area contributed by atoms with Crippen molar-refractivity contribution in [3.05, 3.63) is 58.5 Å². The molecule has 3 rings (SSSR count). The maximum Gasteiger partial charge on any atom is 0.338 e. The molecule has 1 atom stereocenters. The SMILES string of the molecule is CCOC(=O)C1=C(C)NC(=O)N[C@H]1c1ccc(-c2ccc(Cl)cc2)o1. The Kier molecular flexibility index (Phi) is 4.81. The summed E-state index contributed by atoms with van der Waals surface area (Å²) >= 11 is 5.90. The highest BCUT2D eigenvalue weighted by Gasteiger charge is 2.34. The number of urea groups is 1. The standard InChI is InChI=1S/C18H17ClN2O4/c1-3-24-17(22)15-10(2)20-18(23)21-16(15)14-9-8-13(25-14)11-4-6-12(19)7-5-11/h4-9,16H,3H2,1-2H3,(H2,20,21,23)/t16-/m0/s1.